The van der Waals surface area contributed by atoms with Crippen molar-refractivity contribution in [1.82, 2.24) is 9.97 Å². The molecule has 5 nitrogen and oxygen atoms in total. The molecule has 0 saturated heterocycles. The van der Waals surface area contributed by atoms with Crippen molar-refractivity contribution in [2.45, 2.75) is 0 Å². The molecule has 0 unspecified atom stereocenters. The number of nitrogens with zero attached hydrogens (tertiary/aromatic N) is 2. The van der Waals surface area contributed by atoms with Crippen molar-refractivity contribution in [3.63, 3.8) is 0 Å². The van der Waals surface area contributed by atoms with Crippen molar-refractivity contribution in [3.8, 4) is 6.07 Å². The first-order valence-corrected chi connectivity index (χ1v) is 7.06. The third kappa shape index (κ3) is 2.93. The number of aromatic nitrogens is 2. The first kappa shape index (κ1) is 14.8. The van der Waals surface area contributed by atoms with Crippen LogP contribution in [0.5, 0.6) is 0 Å². The van der Waals surface area contributed by atoms with Crippen LogP contribution in [0.2, 0.25) is 5.02 Å². The van der Waals surface area contributed by atoms with E-state index in [1.807, 2.05) is 6.07 Å². The quantitative estimate of drug-likeness (QED) is 0.706. The van der Waals surface area contributed by atoms with Crippen molar-refractivity contribution >= 4 is 34.5 Å². The summed E-state index contributed by atoms with van der Waals surface area (Å²) in [6.45, 7) is 0. The number of aliphatic hydroxyl groups excluding tert-OH is 1. The second-order valence-electron chi connectivity index (χ2n) is 4.80. The number of aromatic amines is 1. The third-order valence-electron chi connectivity index (χ3n) is 3.27. The van der Waals surface area contributed by atoms with Crippen LogP contribution in [0.25, 0.3) is 22.9 Å². The molecule has 23 heavy (non-hydrogen) atoms. The Bertz CT molecular complexity index is 1030. The minimum absolute atomic E-state index is 0.0324. The minimum Gasteiger partial charge on any atom is -0.507 e. The molecular formula is C17H10ClN3O2. The van der Waals surface area contributed by atoms with Gasteiger partial charge < -0.3 is 10.1 Å². The fourth-order valence-electron chi connectivity index (χ4n) is 2.14. The van der Waals surface area contributed by atoms with Crippen molar-refractivity contribution < 1.29 is 5.11 Å². The van der Waals surface area contributed by atoms with E-state index in [1.54, 1.807) is 42.5 Å². The maximum atomic E-state index is 12.1. The third-order valence-corrected chi connectivity index (χ3v) is 3.60. The average molecular weight is 324 g/mol. The molecule has 6 heteroatoms. The van der Waals surface area contributed by atoms with E-state index in [9.17, 15) is 9.90 Å². The molecule has 1 aromatic heterocycles. The number of nitrogens with one attached hydrogen (secondary N) is 1. The lowest BCUT2D eigenvalue weighted by atomic mass is 10.1. The van der Waals surface area contributed by atoms with E-state index >= 15 is 0 Å². The second-order valence-corrected chi connectivity index (χ2v) is 5.21. The summed E-state index contributed by atoms with van der Waals surface area (Å²) in [6.07, 6.45) is 1.25. The highest BCUT2D eigenvalue weighted by Gasteiger charge is 2.08. The van der Waals surface area contributed by atoms with Crippen LogP contribution in [-0.4, -0.2) is 15.1 Å². The fraction of sp³-hybridized carbons (Fsp3) is 0. The van der Waals surface area contributed by atoms with E-state index in [0.717, 1.165) is 0 Å². The standard InChI is InChI=1S/C17H10ClN3O2/c18-12-4-2-1-3-11(12)16(22)8-15-17(23)21-13-6-5-10(9-19)7-14(13)20-15/h1-8,22H,(H,21,23). The first-order chi connectivity index (χ1) is 11.1. The fourth-order valence-corrected chi connectivity index (χ4v) is 2.37. The van der Waals surface area contributed by atoms with E-state index in [0.29, 0.717) is 27.2 Å². The number of fused-ring (bicyclic) bond motifs is 1. The minimum atomic E-state index is -0.444. The number of benzene rings is 2. The van der Waals surface area contributed by atoms with Crippen molar-refractivity contribution in [3.05, 3.63) is 74.7 Å². The Balaban J connectivity index is 2.14. The molecule has 0 aliphatic heterocycles. The van der Waals surface area contributed by atoms with Gasteiger partial charge in [0.2, 0.25) is 0 Å². The van der Waals surface area contributed by atoms with Crippen LogP contribution in [-0.2, 0) is 0 Å². The molecule has 0 radical (unpaired) electrons. The summed E-state index contributed by atoms with van der Waals surface area (Å²) in [4.78, 5) is 18.9. The van der Waals surface area contributed by atoms with Crippen LogP contribution in [0.4, 0.5) is 0 Å². The summed E-state index contributed by atoms with van der Waals surface area (Å²) in [5.74, 6) is -0.163. The zero-order valence-electron chi connectivity index (χ0n) is 11.7. The molecule has 0 aliphatic carbocycles. The number of H-pyrrole nitrogens is 1. The van der Waals surface area contributed by atoms with E-state index in [1.165, 1.54) is 6.08 Å². The van der Waals surface area contributed by atoms with Crippen LogP contribution in [0, 0.1) is 11.3 Å². The summed E-state index contributed by atoms with van der Waals surface area (Å²) >= 11 is 6.02. The Morgan fingerprint density at radius 2 is 2.09 bits per heavy atom. The summed E-state index contributed by atoms with van der Waals surface area (Å²) in [5, 5.41) is 19.5. The zero-order chi connectivity index (χ0) is 16.4. The lowest BCUT2D eigenvalue weighted by molar-refractivity contribution is 0.515. The number of nitriles is 1. The van der Waals surface area contributed by atoms with Crippen LogP contribution in [0.3, 0.4) is 0 Å². The Hall–Kier alpha value is -3.10. The highest BCUT2D eigenvalue weighted by molar-refractivity contribution is 6.32. The number of halogens is 1. The van der Waals surface area contributed by atoms with Gasteiger partial charge in [-0.15, -0.1) is 0 Å². The molecule has 0 aliphatic rings. The van der Waals surface area contributed by atoms with Gasteiger partial charge in [-0.3, -0.25) is 4.79 Å². The van der Waals surface area contributed by atoms with Crippen molar-refractivity contribution in [2.24, 2.45) is 0 Å². The molecule has 3 rings (SSSR count). The van der Waals surface area contributed by atoms with Gasteiger partial charge >= 0.3 is 0 Å². The van der Waals surface area contributed by atoms with Crippen LogP contribution < -0.4 is 5.56 Å². The largest absolute Gasteiger partial charge is 0.507 e. The predicted octanol–water partition coefficient (Wildman–Crippen LogP) is 3.50. The Labute approximate surface area is 136 Å². The summed E-state index contributed by atoms with van der Waals surface area (Å²) in [6, 6.07) is 13.5. The van der Waals surface area contributed by atoms with Crippen LogP contribution in [0.15, 0.2) is 47.3 Å². The predicted molar refractivity (Wildman–Crippen MR) is 89.0 cm³/mol. The highest BCUT2D eigenvalue weighted by Crippen LogP contribution is 2.22. The van der Waals surface area contributed by atoms with Gasteiger partial charge in [0.15, 0.2) is 0 Å². The summed E-state index contributed by atoms with van der Waals surface area (Å²) < 4.78 is 0. The summed E-state index contributed by atoms with van der Waals surface area (Å²) in [7, 11) is 0. The van der Waals surface area contributed by atoms with Gasteiger partial charge in [0, 0.05) is 11.6 Å². The maximum Gasteiger partial charge on any atom is 0.274 e. The topological polar surface area (TPSA) is 89.8 Å². The highest BCUT2D eigenvalue weighted by atomic mass is 35.5. The second kappa shape index (κ2) is 5.95. The normalized spacial score (nSPS) is 11.4. The van der Waals surface area contributed by atoms with E-state index < -0.39 is 5.56 Å². The molecule has 0 fully saturated rings. The molecule has 0 spiro atoms. The SMILES string of the molecule is N#Cc1ccc2[nH]c(=O)c(C=C(O)c3ccccc3Cl)nc2c1. The van der Waals surface area contributed by atoms with Gasteiger partial charge in [0.25, 0.3) is 5.56 Å². The molecule has 0 atom stereocenters. The van der Waals surface area contributed by atoms with Gasteiger partial charge in [-0.2, -0.15) is 5.26 Å². The Morgan fingerprint density at radius 1 is 1.30 bits per heavy atom. The molecule has 2 aromatic carbocycles. The van der Waals surface area contributed by atoms with Gasteiger partial charge in [-0.1, -0.05) is 23.7 Å². The number of aliphatic hydroxyl groups is 1. The van der Waals surface area contributed by atoms with Crippen LogP contribution in [0.1, 0.15) is 16.8 Å². The lowest BCUT2D eigenvalue weighted by Crippen LogP contribution is -2.12. The maximum absolute atomic E-state index is 12.1. The van der Waals surface area contributed by atoms with Crippen molar-refractivity contribution in [2.75, 3.05) is 0 Å². The molecule has 112 valence electrons. The summed E-state index contributed by atoms with van der Waals surface area (Å²) in [5.41, 5.74) is 1.40. The molecular weight excluding hydrogens is 314 g/mol. The van der Waals surface area contributed by atoms with Gasteiger partial charge in [-0.25, -0.2) is 4.98 Å². The molecule has 0 bridgehead atoms. The first-order valence-electron chi connectivity index (χ1n) is 6.68. The van der Waals surface area contributed by atoms with Gasteiger partial charge in [-0.05, 0) is 30.3 Å². The van der Waals surface area contributed by atoms with Gasteiger partial charge in [0.05, 0.1) is 27.7 Å². The zero-order valence-corrected chi connectivity index (χ0v) is 12.5. The molecule has 2 N–H and O–H groups in total. The lowest BCUT2D eigenvalue weighted by Gasteiger charge is -2.03. The Morgan fingerprint density at radius 3 is 2.83 bits per heavy atom. The molecule has 1 heterocycles. The molecule has 3 aromatic rings. The number of hydrogen-bond acceptors (Lipinski definition) is 4. The van der Waals surface area contributed by atoms with E-state index in [4.69, 9.17) is 16.9 Å². The average Bonchev–Trinajstić information content (AvgIpc) is 2.55. The Kier molecular flexibility index (Phi) is 3.83. The number of rotatable bonds is 2. The van der Waals surface area contributed by atoms with Crippen molar-refractivity contribution in [1.29, 1.82) is 5.26 Å². The monoisotopic (exact) mass is 323 g/mol. The smallest absolute Gasteiger partial charge is 0.274 e. The number of hydrogen-bond donors (Lipinski definition) is 2. The van der Waals surface area contributed by atoms with E-state index in [2.05, 4.69) is 9.97 Å². The van der Waals surface area contributed by atoms with E-state index in [-0.39, 0.29) is 11.5 Å². The van der Waals surface area contributed by atoms with Gasteiger partial charge in [0.1, 0.15) is 11.5 Å². The molecule has 0 amide bonds. The van der Waals surface area contributed by atoms with Crippen LogP contribution >= 0.6 is 11.6 Å². The molecule has 0 saturated carbocycles.